The minimum atomic E-state index is -0.746. The first-order chi connectivity index (χ1) is 13.0. The fraction of sp³-hybridized carbons (Fsp3) is 0.150. The van der Waals surface area contributed by atoms with Gasteiger partial charge in [-0.15, -0.1) is 0 Å². The highest BCUT2D eigenvalue weighted by atomic mass is 19.1. The summed E-state index contributed by atoms with van der Waals surface area (Å²) in [5.74, 6) is -1.54. The number of halogens is 2. The summed E-state index contributed by atoms with van der Waals surface area (Å²) in [6.45, 7) is 4.07. The van der Waals surface area contributed by atoms with Crippen molar-refractivity contribution in [1.29, 1.82) is 0 Å². The van der Waals surface area contributed by atoms with E-state index in [-0.39, 0.29) is 23.1 Å². The van der Waals surface area contributed by atoms with Gasteiger partial charge in [0.2, 0.25) is 0 Å². The molecular formula is C20H18F2N4O. The van der Waals surface area contributed by atoms with Crippen LogP contribution in [0.15, 0.2) is 54.9 Å². The van der Waals surface area contributed by atoms with Gasteiger partial charge in [0.1, 0.15) is 28.8 Å². The Bertz CT molecular complexity index is 938. The third-order valence-electron chi connectivity index (χ3n) is 3.93. The number of nitrogens with one attached hydrogen (secondary N) is 2. The summed E-state index contributed by atoms with van der Waals surface area (Å²) in [5, 5.41) is 5.34. The molecule has 0 saturated heterocycles. The summed E-state index contributed by atoms with van der Waals surface area (Å²) < 4.78 is 27.3. The van der Waals surface area contributed by atoms with Crippen LogP contribution in [0.5, 0.6) is 0 Å². The predicted octanol–water partition coefficient (Wildman–Crippen LogP) is 4.87. The van der Waals surface area contributed by atoms with Crippen LogP contribution < -0.4 is 10.6 Å². The molecule has 1 aromatic heterocycles. The molecule has 1 heterocycles. The van der Waals surface area contributed by atoms with Gasteiger partial charge in [0.25, 0.3) is 5.91 Å². The summed E-state index contributed by atoms with van der Waals surface area (Å²) in [5.41, 5.74) is 1.48. The summed E-state index contributed by atoms with van der Waals surface area (Å²) in [4.78, 5) is 20.4. The van der Waals surface area contributed by atoms with Crippen molar-refractivity contribution in [3.63, 3.8) is 0 Å². The molecule has 0 atom stereocenters. The van der Waals surface area contributed by atoms with Gasteiger partial charge in [0.05, 0.1) is 12.4 Å². The van der Waals surface area contributed by atoms with E-state index in [1.165, 1.54) is 18.5 Å². The summed E-state index contributed by atoms with van der Waals surface area (Å²) in [7, 11) is 0. The zero-order valence-electron chi connectivity index (χ0n) is 14.8. The highest BCUT2D eigenvalue weighted by Crippen LogP contribution is 2.24. The van der Waals surface area contributed by atoms with Crippen molar-refractivity contribution in [1.82, 2.24) is 9.97 Å². The smallest absolute Gasteiger partial charge is 0.275 e. The number of carbonyl (C=O) groups excluding carboxylic acids is 1. The molecule has 0 spiro atoms. The molecule has 0 aliphatic rings. The maximum absolute atomic E-state index is 13.7. The lowest BCUT2D eigenvalue weighted by atomic mass is 10.0. The number of para-hydroxylation sites is 2. The van der Waals surface area contributed by atoms with Crippen molar-refractivity contribution in [2.24, 2.45) is 0 Å². The second kappa shape index (κ2) is 7.90. The van der Waals surface area contributed by atoms with Crippen LogP contribution in [-0.4, -0.2) is 15.9 Å². The number of anilines is 3. The third-order valence-corrected chi connectivity index (χ3v) is 3.93. The van der Waals surface area contributed by atoms with Crippen LogP contribution in [0.25, 0.3) is 0 Å². The van der Waals surface area contributed by atoms with Crippen molar-refractivity contribution in [2.75, 3.05) is 10.6 Å². The van der Waals surface area contributed by atoms with Crippen molar-refractivity contribution in [3.05, 3.63) is 77.8 Å². The van der Waals surface area contributed by atoms with E-state index in [0.29, 0.717) is 5.69 Å². The standard InChI is InChI=1S/C20H18F2N4O/c1-12(2)13-6-3-4-9-16(13)25-20(27)17-10-24-18(11-23-17)26-19-14(21)7-5-8-15(19)22/h3-12H,1-2H3,(H,24,26)(H,25,27). The lowest BCUT2D eigenvalue weighted by molar-refractivity contribution is 0.102. The van der Waals surface area contributed by atoms with Gasteiger partial charge in [0.15, 0.2) is 0 Å². The fourth-order valence-corrected chi connectivity index (χ4v) is 2.56. The molecule has 0 aliphatic heterocycles. The van der Waals surface area contributed by atoms with Crippen LogP contribution >= 0.6 is 0 Å². The number of hydrogen-bond donors (Lipinski definition) is 2. The van der Waals surface area contributed by atoms with E-state index in [4.69, 9.17) is 0 Å². The lowest BCUT2D eigenvalue weighted by Gasteiger charge is -2.13. The third kappa shape index (κ3) is 4.25. The van der Waals surface area contributed by atoms with Gasteiger partial charge in [-0.2, -0.15) is 0 Å². The largest absolute Gasteiger partial charge is 0.334 e. The van der Waals surface area contributed by atoms with Crippen LogP contribution in [-0.2, 0) is 0 Å². The van der Waals surface area contributed by atoms with E-state index >= 15 is 0 Å². The molecule has 27 heavy (non-hydrogen) atoms. The van der Waals surface area contributed by atoms with Gasteiger partial charge >= 0.3 is 0 Å². The highest BCUT2D eigenvalue weighted by Gasteiger charge is 2.13. The van der Waals surface area contributed by atoms with E-state index < -0.39 is 17.5 Å². The van der Waals surface area contributed by atoms with E-state index in [2.05, 4.69) is 20.6 Å². The SMILES string of the molecule is CC(C)c1ccccc1NC(=O)c1cnc(Nc2c(F)cccc2F)cn1. The minimum Gasteiger partial charge on any atom is -0.334 e. The first kappa shape index (κ1) is 18.4. The van der Waals surface area contributed by atoms with Crippen molar-refractivity contribution in [2.45, 2.75) is 19.8 Å². The Kier molecular flexibility index (Phi) is 5.40. The quantitative estimate of drug-likeness (QED) is 0.674. The number of rotatable bonds is 5. The first-order valence-corrected chi connectivity index (χ1v) is 8.39. The Morgan fingerprint density at radius 2 is 1.67 bits per heavy atom. The molecule has 0 radical (unpaired) electrons. The molecule has 0 saturated carbocycles. The van der Waals surface area contributed by atoms with E-state index in [1.807, 2.05) is 38.1 Å². The normalized spacial score (nSPS) is 10.7. The molecule has 0 aliphatic carbocycles. The number of amides is 1. The predicted molar refractivity (Wildman–Crippen MR) is 100 cm³/mol. The summed E-state index contributed by atoms with van der Waals surface area (Å²) in [6.07, 6.45) is 2.49. The van der Waals surface area contributed by atoms with E-state index in [1.54, 1.807) is 0 Å². The van der Waals surface area contributed by atoms with Crippen molar-refractivity contribution < 1.29 is 13.6 Å². The second-order valence-electron chi connectivity index (χ2n) is 6.20. The second-order valence-corrected chi connectivity index (χ2v) is 6.20. The minimum absolute atomic E-state index is 0.0908. The van der Waals surface area contributed by atoms with Gasteiger partial charge in [-0.05, 0) is 29.7 Å². The molecule has 138 valence electrons. The maximum atomic E-state index is 13.7. The van der Waals surface area contributed by atoms with Crippen molar-refractivity contribution in [3.8, 4) is 0 Å². The van der Waals surface area contributed by atoms with Crippen LogP contribution in [0.4, 0.5) is 26.0 Å². The molecule has 0 unspecified atom stereocenters. The van der Waals surface area contributed by atoms with Crippen LogP contribution in [0, 0.1) is 11.6 Å². The number of benzene rings is 2. The Labute approximate surface area is 155 Å². The Morgan fingerprint density at radius 1 is 0.963 bits per heavy atom. The zero-order valence-corrected chi connectivity index (χ0v) is 14.8. The molecule has 2 N–H and O–H groups in total. The number of aromatic nitrogens is 2. The molecular weight excluding hydrogens is 350 g/mol. The average molecular weight is 368 g/mol. The first-order valence-electron chi connectivity index (χ1n) is 8.39. The lowest BCUT2D eigenvalue weighted by Crippen LogP contribution is -2.15. The molecule has 3 rings (SSSR count). The number of nitrogens with zero attached hydrogens (tertiary/aromatic N) is 2. The fourth-order valence-electron chi connectivity index (χ4n) is 2.56. The Morgan fingerprint density at radius 3 is 2.30 bits per heavy atom. The molecule has 2 aromatic carbocycles. The topological polar surface area (TPSA) is 66.9 Å². The molecule has 0 bridgehead atoms. The Balaban J connectivity index is 1.75. The summed E-state index contributed by atoms with van der Waals surface area (Å²) in [6, 6.07) is 11.0. The van der Waals surface area contributed by atoms with Gasteiger partial charge in [-0.25, -0.2) is 18.7 Å². The average Bonchev–Trinajstić information content (AvgIpc) is 2.65. The number of hydrogen-bond acceptors (Lipinski definition) is 4. The molecule has 7 heteroatoms. The van der Waals surface area contributed by atoms with Gasteiger partial charge in [-0.1, -0.05) is 38.1 Å². The molecule has 0 fully saturated rings. The van der Waals surface area contributed by atoms with E-state index in [9.17, 15) is 13.6 Å². The van der Waals surface area contributed by atoms with Gasteiger partial charge < -0.3 is 10.6 Å². The van der Waals surface area contributed by atoms with Gasteiger partial charge in [0, 0.05) is 5.69 Å². The molecule has 3 aromatic rings. The summed E-state index contributed by atoms with van der Waals surface area (Å²) >= 11 is 0. The van der Waals surface area contributed by atoms with Crippen molar-refractivity contribution >= 4 is 23.1 Å². The maximum Gasteiger partial charge on any atom is 0.275 e. The monoisotopic (exact) mass is 368 g/mol. The Hall–Kier alpha value is -3.35. The van der Waals surface area contributed by atoms with Crippen LogP contribution in [0.1, 0.15) is 35.8 Å². The zero-order chi connectivity index (χ0) is 19.4. The molecule has 1 amide bonds. The highest BCUT2D eigenvalue weighted by molar-refractivity contribution is 6.03. The molecule has 5 nitrogen and oxygen atoms in total. The van der Waals surface area contributed by atoms with Crippen LogP contribution in [0.2, 0.25) is 0 Å². The van der Waals surface area contributed by atoms with E-state index in [0.717, 1.165) is 17.7 Å². The van der Waals surface area contributed by atoms with Gasteiger partial charge in [-0.3, -0.25) is 4.79 Å². The number of carbonyl (C=O) groups is 1. The van der Waals surface area contributed by atoms with Crippen LogP contribution in [0.3, 0.4) is 0 Å².